The molecule has 3 fully saturated rings. The fraction of sp³-hybridized carbons (Fsp3) is 0.516. The Bertz CT molecular complexity index is 1850. The van der Waals surface area contributed by atoms with Crippen LogP contribution in [-0.4, -0.2) is 97.9 Å². The van der Waals surface area contributed by atoms with E-state index >= 15 is 0 Å². The second-order valence-electron chi connectivity index (χ2n) is 12.4. The molecule has 2 unspecified atom stereocenters. The highest BCUT2D eigenvalue weighted by Gasteiger charge is 2.54. The summed E-state index contributed by atoms with van der Waals surface area (Å²) in [4.78, 5) is 13.0. The molecule has 1 aromatic heterocycles. The molecule has 3 heterocycles. The van der Waals surface area contributed by atoms with Crippen LogP contribution in [0.15, 0.2) is 69.3 Å². The van der Waals surface area contributed by atoms with Gasteiger partial charge in [0.15, 0.2) is 9.84 Å². The lowest BCUT2D eigenvalue weighted by Crippen LogP contribution is -2.47. The number of pyridine rings is 1. The van der Waals surface area contributed by atoms with Gasteiger partial charge in [0, 0.05) is 44.3 Å². The largest absolute Gasteiger partial charge is 0.491 e. The van der Waals surface area contributed by atoms with Crippen molar-refractivity contribution in [2.75, 3.05) is 39.5 Å². The van der Waals surface area contributed by atoms with Gasteiger partial charge in [0.05, 0.1) is 34.0 Å². The lowest BCUT2D eigenvalue weighted by atomic mass is 9.88. The number of aliphatic hydroxyl groups is 2. The summed E-state index contributed by atoms with van der Waals surface area (Å²) in [6.07, 6.45) is 3.00. The molecule has 1 aliphatic carbocycles. The minimum absolute atomic E-state index is 0.0442. The molecule has 2 saturated heterocycles. The van der Waals surface area contributed by atoms with E-state index in [-0.39, 0.29) is 42.1 Å². The fourth-order valence-electron chi connectivity index (χ4n) is 6.38. The van der Waals surface area contributed by atoms with Crippen molar-refractivity contribution >= 4 is 30.8 Å². The maximum absolute atomic E-state index is 13.5. The molecule has 2 atom stereocenters. The number of hydrogen-bond acceptors (Lipinski definition) is 10. The Labute approximate surface area is 262 Å². The number of ether oxygens (including phenoxy) is 2. The zero-order chi connectivity index (χ0) is 32.0. The number of sulfone groups is 1. The second kappa shape index (κ2) is 12.1. The third-order valence-corrected chi connectivity index (χ3v) is 13.8. The number of benzene rings is 2. The van der Waals surface area contributed by atoms with Crippen LogP contribution in [0.2, 0.25) is 0 Å². The van der Waals surface area contributed by atoms with Crippen LogP contribution in [0.25, 0.3) is 10.9 Å². The summed E-state index contributed by atoms with van der Waals surface area (Å²) >= 11 is 0. The zero-order valence-electron chi connectivity index (χ0n) is 25.1. The van der Waals surface area contributed by atoms with E-state index in [1.165, 1.54) is 22.6 Å². The molecule has 0 radical (unpaired) electrons. The average molecular weight is 662 g/mol. The molecule has 1 saturated carbocycles. The highest BCUT2D eigenvalue weighted by atomic mass is 32.2. The van der Waals surface area contributed by atoms with E-state index < -0.39 is 48.3 Å². The van der Waals surface area contributed by atoms with Gasteiger partial charge in [0.2, 0.25) is 15.5 Å². The summed E-state index contributed by atoms with van der Waals surface area (Å²) in [7, 11) is -5.95. The number of piperidine rings is 1. The van der Waals surface area contributed by atoms with Gasteiger partial charge in [-0.1, -0.05) is 18.2 Å². The van der Waals surface area contributed by atoms with Gasteiger partial charge < -0.3 is 29.6 Å². The number of hydrogen-bond donors (Lipinski definition) is 3. The molecule has 0 bridgehead atoms. The van der Waals surface area contributed by atoms with Crippen molar-refractivity contribution in [1.82, 2.24) is 14.2 Å². The zero-order valence-corrected chi connectivity index (χ0v) is 26.7. The molecule has 2 aromatic carbocycles. The highest BCUT2D eigenvalue weighted by molar-refractivity contribution is 7.93. The van der Waals surface area contributed by atoms with E-state index in [4.69, 9.17) is 9.47 Å². The lowest BCUT2D eigenvalue weighted by Gasteiger charge is -2.38. The number of aliphatic hydroxyl groups excluding tert-OH is 2. The van der Waals surface area contributed by atoms with Gasteiger partial charge >= 0.3 is 0 Å². The molecule has 14 heteroatoms. The first-order valence-electron chi connectivity index (χ1n) is 15.1. The van der Waals surface area contributed by atoms with Crippen LogP contribution in [0.1, 0.15) is 32.1 Å². The van der Waals surface area contributed by atoms with Crippen molar-refractivity contribution in [3.05, 3.63) is 65.0 Å². The van der Waals surface area contributed by atoms with Gasteiger partial charge in [0.25, 0.3) is 0 Å². The van der Waals surface area contributed by atoms with Gasteiger partial charge in [-0.15, -0.1) is 0 Å². The number of sulfonamides is 1. The smallest absolute Gasteiger partial charge is 0.248 e. The van der Waals surface area contributed by atoms with Crippen LogP contribution in [0.4, 0.5) is 0 Å². The monoisotopic (exact) mass is 661 g/mol. The standard InChI is InChI=1S/C31H39N3O9S2/c1-33-18-28(29(37)26-7-2-3-8-27(26)33)45(40,41)34-13-11-30(12-14-34)16-22(19-43-30)32-17-23(36)20-42-24-5-4-6-25(15-24)44(38,39)31(21-35)9-10-31/h2-8,15,18,22-23,32,35-36H,9-14,16-17,19-21H2,1H3. The second-order valence-corrected chi connectivity index (χ2v) is 16.7. The summed E-state index contributed by atoms with van der Waals surface area (Å²) in [5.41, 5.74) is -0.323. The number of para-hydroxylation sites is 1. The van der Waals surface area contributed by atoms with Crippen LogP contribution in [0.5, 0.6) is 5.75 Å². The summed E-state index contributed by atoms with van der Waals surface area (Å²) < 4.78 is 66.6. The van der Waals surface area contributed by atoms with Crippen LogP contribution in [0.3, 0.4) is 0 Å². The van der Waals surface area contributed by atoms with Gasteiger partial charge in [-0.3, -0.25) is 4.79 Å². The van der Waals surface area contributed by atoms with Crippen molar-refractivity contribution in [2.45, 2.75) is 64.4 Å². The predicted molar refractivity (Wildman–Crippen MR) is 166 cm³/mol. The topological polar surface area (TPSA) is 164 Å². The van der Waals surface area contributed by atoms with Gasteiger partial charge in [-0.2, -0.15) is 4.31 Å². The van der Waals surface area contributed by atoms with Gasteiger partial charge in [0.1, 0.15) is 23.4 Å². The molecule has 6 rings (SSSR count). The Hall–Kier alpha value is -2.85. The van der Waals surface area contributed by atoms with Crippen molar-refractivity contribution in [1.29, 1.82) is 0 Å². The Kier molecular flexibility index (Phi) is 8.61. The molecule has 12 nitrogen and oxygen atoms in total. The van der Waals surface area contributed by atoms with E-state index in [1.54, 1.807) is 48.0 Å². The molecule has 3 N–H and O–H groups in total. The normalized spacial score (nSPS) is 22.1. The van der Waals surface area contributed by atoms with Crippen LogP contribution in [-0.2, 0) is 31.6 Å². The minimum atomic E-state index is -4.00. The number of rotatable bonds is 11. The maximum atomic E-state index is 13.5. The maximum Gasteiger partial charge on any atom is 0.248 e. The van der Waals surface area contributed by atoms with Crippen LogP contribution >= 0.6 is 0 Å². The first kappa shape index (κ1) is 32.1. The van der Waals surface area contributed by atoms with Crippen molar-refractivity contribution in [2.24, 2.45) is 7.05 Å². The van der Waals surface area contributed by atoms with Gasteiger partial charge in [-0.25, -0.2) is 16.8 Å². The van der Waals surface area contributed by atoms with E-state index in [2.05, 4.69) is 5.32 Å². The summed E-state index contributed by atoms with van der Waals surface area (Å²) in [5.74, 6) is 0.315. The van der Waals surface area contributed by atoms with Gasteiger partial charge in [-0.05, 0) is 62.4 Å². The first-order chi connectivity index (χ1) is 21.4. The van der Waals surface area contributed by atoms with Crippen molar-refractivity contribution in [3.8, 4) is 5.75 Å². The molecule has 0 amide bonds. The number of aryl methyl sites for hydroxylation is 1. The molecule has 244 valence electrons. The average Bonchev–Trinajstić information content (AvgIpc) is 3.77. The van der Waals surface area contributed by atoms with Crippen molar-refractivity contribution < 1.29 is 36.5 Å². The molecule has 2 aliphatic heterocycles. The molecular weight excluding hydrogens is 622 g/mol. The lowest BCUT2D eigenvalue weighted by molar-refractivity contribution is -0.0312. The predicted octanol–water partition coefficient (Wildman–Crippen LogP) is 1.18. The number of nitrogens with zero attached hydrogens (tertiary/aromatic N) is 2. The summed E-state index contributed by atoms with van der Waals surface area (Å²) in [5, 5.41) is 23.8. The quantitative estimate of drug-likeness (QED) is 0.272. The highest BCUT2D eigenvalue weighted by Crippen LogP contribution is 2.46. The third-order valence-electron chi connectivity index (χ3n) is 9.39. The number of fused-ring (bicyclic) bond motifs is 1. The number of nitrogens with one attached hydrogen (secondary N) is 1. The first-order valence-corrected chi connectivity index (χ1v) is 18.0. The SMILES string of the molecule is Cn1cc(S(=O)(=O)N2CCC3(CC2)CC(NCC(O)COc2cccc(S(=O)(=O)C4(CO)CC4)c2)CO3)c(=O)c2ccccc21. The molecule has 1 spiro atoms. The van der Waals surface area contributed by atoms with Crippen LogP contribution < -0.4 is 15.5 Å². The van der Waals surface area contributed by atoms with E-state index in [0.29, 0.717) is 55.4 Å². The van der Waals surface area contributed by atoms with Crippen molar-refractivity contribution in [3.63, 3.8) is 0 Å². The Morgan fingerprint density at radius 3 is 2.51 bits per heavy atom. The fourth-order valence-corrected chi connectivity index (χ4v) is 9.79. The van der Waals surface area contributed by atoms with Crippen LogP contribution in [0, 0.1) is 0 Å². The Morgan fingerprint density at radius 1 is 1.07 bits per heavy atom. The third kappa shape index (κ3) is 6.04. The molecule has 45 heavy (non-hydrogen) atoms. The van der Waals surface area contributed by atoms with E-state index in [0.717, 1.165) is 0 Å². The van der Waals surface area contributed by atoms with E-state index in [9.17, 15) is 31.8 Å². The Balaban J connectivity index is 0.996. The molecule has 3 aromatic rings. The summed E-state index contributed by atoms with van der Waals surface area (Å²) in [6.45, 7) is 0.632. The summed E-state index contributed by atoms with van der Waals surface area (Å²) in [6, 6.07) is 13.0. The minimum Gasteiger partial charge on any atom is -0.491 e. The van der Waals surface area contributed by atoms with E-state index in [1.807, 2.05) is 0 Å². The molecule has 3 aliphatic rings. The molecular formula is C31H39N3O9S2. The Morgan fingerprint density at radius 2 is 1.80 bits per heavy atom. The number of aromatic nitrogens is 1.